The van der Waals surface area contributed by atoms with E-state index in [4.69, 9.17) is 21.6 Å². The smallest absolute Gasteiger partial charge is 0.343 e. The van der Waals surface area contributed by atoms with Gasteiger partial charge in [-0.05, 0) is 37.1 Å². The molecule has 0 N–H and O–H groups in total. The van der Waals surface area contributed by atoms with Crippen LogP contribution in [0.4, 0.5) is 10.1 Å². The zero-order valence-electron chi connectivity index (χ0n) is 16.5. The third-order valence-corrected chi connectivity index (χ3v) is 4.41. The highest BCUT2D eigenvalue weighted by Crippen LogP contribution is 2.22. The van der Waals surface area contributed by atoms with Crippen LogP contribution in [0.3, 0.4) is 0 Å². The summed E-state index contributed by atoms with van der Waals surface area (Å²) in [6.07, 6.45) is 0.0734. The number of aryl methyl sites for hydroxylation is 1. The van der Waals surface area contributed by atoms with E-state index in [1.165, 1.54) is 33.8 Å². The number of benzene rings is 1. The van der Waals surface area contributed by atoms with Crippen LogP contribution in [0.25, 0.3) is 0 Å². The van der Waals surface area contributed by atoms with Gasteiger partial charge in [0.15, 0.2) is 6.61 Å². The van der Waals surface area contributed by atoms with Crippen molar-refractivity contribution in [2.75, 3.05) is 18.1 Å². The number of hydrogen-bond acceptors (Lipinski definition) is 5. The van der Waals surface area contributed by atoms with Gasteiger partial charge in [0, 0.05) is 18.8 Å². The number of nitrogens with zero attached hydrogens (tertiary/aromatic N) is 4. The summed E-state index contributed by atoms with van der Waals surface area (Å²) in [5, 5.41) is 13.2. The fourth-order valence-electron chi connectivity index (χ4n) is 2.71. The monoisotopic (exact) mass is 420 g/mol. The quantitative estimate of drug-likeness (QED) is 0.607. The van der Waals surface area contributed by atoms with Gasteiger partial charge >= 0.3 is 5.97 Å². The highest BCUT2D eigenvalue weighted by Gasteiger charge is 2.24. The van der Waals surface area contributed by atoms with Crippen LogP contribution >= 0.6 is 11.6 Å². The maximum absolute atomic E-state index is 13.2. The van der Waals surface area contributed by atoms with Gasteiger partial charge in [0.2, 0.25) is 0 Å². The number of ether oxygens (including phenoxy) is 1. The molecule has 0 aliphatic carbocycles. The number of esters is 1. The molecule has 154 valence electrons. The van der Waals surface area contributed by atoms with Crippen molar-refractivity contribution < 1.29 is 18.7 Å². The minimum Gasteiger partial charge on any atom is -0.452 e. The first-order chi connectivity index (χ1) is 13.7. The van der Waals surface area contributed by atoms with Gasteiger partial charge in [-0.1, -0.05) is 25.4 Å². The molecule has 0 unspecified atom stereocenters. The number of nitriles is 1. The average molecular weight is 421 g/mol. The SMILES string of the molecule is Cc1nn(CC(C)C)c(Cl)c1C(=O)OCC(=O)N(CCC#N)c1ccc(F)cc1. The van der Waals surface area contributed by atoms with Crippen molar-refractivity contribution >= 4 is 29.2 Å². The van der Waals surface area contributed by atoms with E-state index in [1.54, 1.807) is 6.92 Å². The number of anilines is 1. The fraction of sp³-hybridized carbons (Fsp3) is 0.400. The van der Waals surface area contributed by atoms with Crippen LogP contribution in [-0.2, 0) is 16.1 Å². The van der Waals surface area contributed by atoms with Gasteiger partial charge in [0.1, 0.15) is 16.5 Å². The van der Waals surface area contributed by atoms with Gasteiger partial charge in [0.25, 0.3) is 5.91 Å². The van der Waals surface area contributed by atoms with Gasteiger partial charge < -0.3 is 9.64 Å². The van der Waals surface area contributed by atoms with Gasteiger partial charge in [-0.15, -0.1) is 0 Å². The van der Waals surface area contributed by atoms with Crippen molar-refractivity contribution in [2.45, 2.75) is 33.7 Å². The van der Waals surface area contributed by atoms with Crippen LogP contribution < -0.4 is 4.90 Å². The Morgan fingerprint density at radius 1 is 1.34 bits per heavy atom. The van der Waals surface area contributed by atoms with Crippen LogP contribution in [-0.4, -0.2) is 34.8 Å². The summed E-state index contributed by atoms with van der Waals surface area (Å²) in [4.78, 5) is 26.3. The Labute approximate surface area is 173 Å². The summed E-state index contributed by atoms with van der Waals surface area (Å²) in [5.41, 5.74) is 0.931. The van der Waals surface area contributed by atoms with Gasteiger partial charge in [0.05, 0.1) is 18.2 Å². The topological polar surface area (TPSA) is 88.2 Å². The summed E-state index contributed by atoms with van der Waals surface area (Å²) in [6, 6.07) is 7.21. The average Bonchev–Trinajstić information content (AvgIpc) is 2.94. The maximum atomic E-state index is 13.2. The Morgan fingerprint density at radius 2 is 2.00 bits per heavy atom. The molecule has 0 fully saturated rings. The Bertz CT molecular complexity index is 919. The molecule has 1 heterocycles. The van der Waals surface area contributed by atoms with Crippen molar-refractivity contribution in [2.24, 2.45) is 5.92 Å². The van der Waals surface area contributed by atoms with Crippen LogP contribution in [0.2, 0.25) is 5.15 Å². The predicted molar refractivity (Wildman–Crippen MR) is 106 cm³/mol. The molecule has 0 spiro atoms. The molecular weight excluding hydrogens is 399 g/mol. The molecule has 1 aromatic carbocycles. The van der Waals surface area contributed by atoms with Gasteiger partial charge in [-0.2, -0.15) is 10.4 Å². The van der Waals surface area contributed by atoms with E-state index in [-0.39, 0.29) is 29.6 Å². The molecule has 0 saturated heterocycles. The molecule has 1 aromatic heterocycles. The van der Waals surface area contributed by atoms with Crippen LogP contribution in [0.5, 0.6) is 0 Å². The molecule has 7 nitrogen and oxygen atoms in total. The van der Waals surface area contributed by atoms with E-state index in [2.05, 4.69) is 5.10 Å². The highest BCUT2D eigenvalue weighted by molar-refractivity contribution is 6.32. The van der Waals surface area contributed by atoms with E-state index >= 15 is 0 Å². The molecule has 2 rings (SSSR count). The first-order valence-corrected chi connectivity index (χ1v) is 9.45. The van der Waals surface area contributed by atoms with Crippen molar-refractivity contribution in [1.82, 2.24) is 9.78 Å². The number of aromatic nitrogens is 2. The van der Waals surface area contributed by atoms with E-state index in [0.29, 0.717) is 17.9 Å². The summed E-state index contributed by atoms with van der Waals surface area (Å²) >= 11 is 6.26. The molecular formula is C20H22ClFN4O3. The molecule has 9 heteroatoms. The van der Waals surface area contributed by atoms with Crippen molar-refractivity contribution in [1.29, 1.82) is 5.26 Å². The number of amides is 1. The second-order valence-electron chi connectivity index (χ2n) is 6.83. The van der Waals surface area contributed by atoms with E-state index < -0.39 is 24.3 Å². The number of rotatable bonds is 8. The van der Waals surface area contributed by atoms with Crippen LogP contribution in [0, 0.1) is 30.0 Å². The fourth-order valence-corrected chi connectivity index (χ4v) is 3.03. The third-order valence-electron chi connectivity index (χ3n) is 4.02. The number of carbonyl (C=O) groups excluding carboxylic acids is 2. The molecule has 0 aliphatic rings. The normalized spacial score (nSPS) is 10.7. The first-order valence-electron chi connectivity index (χ1n) is 9.07. The Kier molecular flexibility index (Phi) is 7.74. The predicted octanol–water partition coefficient (Wildman–Crippen LogP) is 3.74. The molecule has 0 saturated carbocycles. The summed E-state index contributed by atoms with van der Waals surface area (Å²) in [6.45, 7) is 5.71. The lowest BCUT2D eigenvalue weighted by Crippen LogP contribution is -2.35. The largest absolute Gasteiger partial charge is 0.452 e. The molecule has 0 bridgehead atoms. The zero-order chi connectivity index (χ0) is 21.6. The number of hydrogen-bond donors (Lipinski definition) is 0. The van der Waals surface area contributed by atoms with Gasteiger partial charge in [-0.3, -0.25) is 9.48 Å². The molecule has 1 amide bonds. The lowest BCUT2D eigenvalue weighted by atomic mass is 10.2. The summed E-state index contributed by atoms with van der Waals surface area (Å²) < 4.78 is 19.8. The first kappa shape index (κ1) is 22.4. The zero-order valence-corrected chi connectivity index (χ0v) is 17.2. The summed E-state index contributed by atoms with van der Waals surface area (Å²) in [5.74, 6) is -1.46. The maximum Gasteiger partial charge on any atom is 0.343 e. The van der Waals surface area contributed by atoms with Gasteiger partial charge in [-0.25, -0.2) is 9.18 Å². The van der Waals surface area contributed by atoms with Crippen molar-refractivity contribution in [3.8, 4) is 6.07 Å². The second-order valence-corrected chi connectivity index (χ2v) is 7.19. The van der Waals surface area contributed by atoms with Crippen LogP contribution in [0.15, 0.2) is 24.3 Å². The third kappa shape index (κ3) is 5.78. The van der Waals surface area contributed by atoms with E-state index in [1.807, 2.05) is 19.9 Å². The summed E-state index contributed by atoms with van der Waals surface area (Å²) in [7, 11) is 0. The minimum atomic E-state index is -0.754. The van der Waals surface area contributed by atoms with Crippen molar-refractivity contribution in [3.63, 3.8) is 0 Å². The Hall–Kier alpha value is -2.92. The standard InChI is InChI=1S/C20H22ClFN4O3/c1-13(2)11-26-19(21)18(14(3)24-26)20(28)29-12-17(27)25(10-4-9-23)16-7-5-15(22)6-8-16/h5-8,13H,4,10-12H2,1-3H3. The van der Waals surface area contributed by atoms with Crippen LogP contribution in [0.1, 0.15) is 36.3 Å². The Balaban J connectivity index is 2.11. The highest BCUT2D eigenvalue weighted by atomic mass is 35.5. The molecule has 0 aliphatic heterocycles. The minimum absolute atomic E-state index is 0.0734. The molecule has 2 aromatic rings. The molecule has 0 radical (unpaired) electrons. The Morgan fingerprint density at radius 3 is 2.59 bits per heavy atom. The number of carbonyl (C=O) groups is 2. The lowest BCUT2D eigenvalue weighted by molar-refractivity contribution is -0.121. The lowest BCUT2D eigenvalue weighted by Gasteiger charge is -2.21. The molecule has 29 heavy (non-hydrogen) atoms. The second kappa shape index (κ2) is 10.0. The van der Waals surface area contributed by atoms with E-state index in [9.17, 15) is 14.0 Å². The number of halogens is 2. The van der Waals surface area contributed by atoms with E-state index in [0.717, 1.165) is 0 Å². The van der Waals surface area contributed by atoms with Crippen molar-refractivity contribution in [3.05, 3.63) is 46.5 Å². The molecule has 0 atom stereocenters.